The summed E-state index contributed by atoms with van der Waals surface area (Å²) in [6.45, 7) is 5.45. The van der Waals surface area contributed by atoms with E-state index in [4.69, 9.17) is 4.74 Å². The highest BCUT2D eigenvalue weighted by molar-refractivity contribution is 5.41. The Morgan fingerprint density at radius 2 is 2.11 bits per heavy atom. The Bertz CT molecular complexity index is 405. The second-order valence-corrected chi connectivity index (χ2v) is 5.41. The van der Waals surface area contributed by atoms with Gasteiger partial charge in [0.25, 0.3) is 0 Å². The minimum atomic E-state index is 0.213. The molecule has 1 aliphatic rings. The molecule has 0 radical (unpaired) electrons. The third-order valence-electron chi connectivity index (χ3n) is 4.28. The van der Waals surface area contributed by atoms with Crippen LogP contribution in [0.15, 0.2) is 18.2 Å². The summed E-state index contributed by atoms with van der Waals surface area (Å²) in [5.74, 6) is 2.29. The molecule has 0 bridgehead atoms. The summed E-state index contributed by atoms with van der Waals surface area (Å²) in [5.41, 5.74) is 1.10. The molecule has 2 N–H and O–H groups in total. The van der Waals surface area contributed by atoms with Gasteiger partial charge in [-0.1, -0.05) is 19.9 Å². The van der Waals surface area contributed by atoms with Crippen molar-refractivity contribution in [1.29, 1.82) is 0 Å². The summed E-state index contributed by atoms with van der Waals surface area (Å²) < 4.78 is 5.04. The molecule has 3 unspecified atom stereocenters. The monoisotopic (exact) mass is 249 g/mol. The minimum Gasteiger partial charge on any atom is -0.504 e. The first-order valence-electron chi connectivity index (χ1n) is 6.71. The van der Waals surface area contributed by atoms with Gasteiger partial charge in [0.2, 0.25) is 0 Å². The molecule has 0 saturated heterocycles. The number of nitrogens with one attached hydrogen (secondary N) is 1. The van der Waals surface area contributed by atoms with Gasteiger partial charge in [0.05, 0.1) is 7.11 Å². The van der Waals surface area contributed by atoms with Crippen molar-refractivity contribution in [2.45, 2.75) is 39.3 Å². The van der Waals surface area contributed by atoms with Gasteiger partial charge in [-0.2, -0.15) is 0 Å². The lowest BCUT2D eigenvalue weighted by Crippen LogP contribution is -2.31. The van der Waals surface area contributed by atoms with Crippen LogP contribution >= 0.6 is 0 Å². The SMILES string of the molecule is COc1ccc(CNC2CCC(C)C2C)cc1O. The van der Waals surface area contributed by atoms with Gasteiger partial charge in [-0.25, -0.2) is 0 Å². The zero-order chi connectivity index (χ0) is 13.1. The highest BCUT2D eigenvalue weighted by Gasteiger charge is 2.28. The number of ether oxygens (including phenoxy) is 1. The molecule has 1 aromatic carbocycles. The van der Waals surface area contributed by atoms with Gasteiger partial charge < -0.3 is 15.2 Å². The molecule has 1 saturated carbocycles. The number of aromatic hydroxyl groups is 1. The number of methoxy groups -OCH3 is 1. The minimum absolute atomic E-state index is 0.213. The number of hydrogen-bond acceptors (Lipinski definition) is 3. The Morgan fingerprint density at radius 3 is 2.67 bits per heavy atom. The fraction of sp³-hybridized carbons (Fsp3) is 0.600. The molecule has 18 heavy (non-hydrogen) atoms. The largest absolute Gasteiger partial charge is 0.504 e. The van der Waals surface area contributed by atoms with Crippen LogP contribution in [0.25, 0.3) is 0 Å². The van der Waals surface area contributed by atoms with Gasteiger partial charge in [0, 0.05) is 12.6 Å². The third-order valence-corrected chi connectivity index (χ3v) is 4.28. The lowest BCUT2D eigenvalue weighted by Gasteiger charge is -2.20. The number of phenolic OH excluding ortho intramolecular Hbond substituents is 1. The van der Waals surface area contributed by atoms with Gasteiger partial charge in [0.1, 0.15) is 0 Å². The van der Waals surface area contributed by atoms with E-state index < -0.39 is 0 Å². The van der Waals surface area contributed by atoms with Crippen molar-refractivity contribution < 1.29 is 9.84 Å². The van der Waals surface area contributed by atoms with Crippen LogP contribution in [-0.4, -0.2) is 18.3 Å². The predicted molar refractivity (Wildman–Crippen MR) is 72.8 cm³/mol. The van der Waals surface area contributed by atoms with Gasteiger partial charge in [-0.3, -0.25) is 0 Å². The molecular weight excluding hydrogens is 226 g/mol. The molecule has 1 aromatic rings. The Morgan fingerprint density at radius 1 is 1.33 bits per heavy atom. The van der Waals surface area contributed by atoms with Crippen LogP contribution in [0.3, 0.4) is 0 Å². The maximum Gasteiger partial charge on any atom is 0.160 e. The zero-order valence-corrected chi connectivity index (χ0v) is 11.4. The fourth-order valence-corrected chi connectivity index (χ4v) is 2.75. The summed E-state index contributed by atoms with van der Waals surface area (Å²) in [6.07, 6.45) is 2.57. The average Bonchev–Trinajstić information content (AvgIpc) is 2.68. The maximum absolute atomic E-state index is 9.72. The van der Waals surface area contributed by atoms with E-state index in [-0.39, 0.29) is 5.75 Å². The van der Waals surface area contributed by atoms with E-state index in [1.165, 1.54) is 12.8 Å². The highest BCUT2D eigenvalue weighted by atomic mass is 16.5. The average molecular weight is 249 g/mol. The Balaban J connectivity index is 1.92. The van der Waals surface area contributed by atoms with E-state index >= 15 is 0 Å². The van der Waals surface area contributed by atoms with Gasteiger partial charge in [-0.15, -0.1) is 0 Å². The molecule has 3 nitrogen and oxygen atoms in total. The topological polar surface area (TPSA) is 41.5 Å². The second-order valence-electron chi connectivity index (χ2n) is 5.41. The van der Waals surface area contributed by atoms with Crippen LogP contribution < -0.4 is 10.1 Å². The number of phenols is 1. The van der Waals surface area contributed by atoms with Crippen molar-refractivity contribution >= 4 is 0 Å². The molecular formula is C15H23NO2. The number of rotatable bonds is 4. The van der Waals surface area contributed by atoms with Crippen molar-refractivity contribution in [3.63, 3.8) is 0 Å². The highest BCUT2D eigenvalue weighted by Crippen LogP contribution is 2.31. The first-order valence-corrected chi connectivity index (χ1v) is 6.71. The lowest BCUT2D eigenvalue weighted by atomic mass is 9.97. The van der Waals surface area contributed by atoms with Crippen LogP contribution in [0.5, 0.6) is 11.5 Å². The van der Waals surface area contributed by atoms with Crippen LogP contribution in [0.4, 0.5) is 0 Å². The van der Waals surface area contributed by atoms with Crippen molar-refractivity contribution in [3.8, 4) is 11.5 Å². The molecule has 0 aliphatic heterocycles. The van der Waals surface area contributed by atoms with Gasteiger partial charge in [-0.05, 0) is 42.4 Å². The summed E-state index contributed by atoms with van der Waals surface area (Å²) >= 11 is 0. The van der Waals surface area contributed by atoms with Crippen LogP contribution in [-0.2, 0) is 6.54 Å². The van der Waals surface area contributed by atoms with Gasteiger partial charge >= 0.3 is 0 Å². The van der Waals surface area contributed by atoms with Crippen molar-refractivity contribution in [2.24, 2.45) is 11.8 Å². The summed E-state index contributed by atoms with van der Waals surface area (Å²) in [6, 6.07) is 6.18. The Labute approximate surface area is 109 Å². The maximum atomic E-state index is 9.72. The molecule has 1 fully saturated rings. The molecule has 3 atom stereocenters. The molecule has 0 aromatic heterocycles. The van der Waals surface area contributed by atoms with E-state index in [0.717, 1.165) is 23.9 Å². The molecule has 3 heteroatoms. The van der Waals surface area contributed by atoms with E-state index in [9.17, 15) is 5.11 Å². The number of hydrogen-bond donors (Lipinski definition) is 2. The molecule has 2 rings (SSSR count). The normalized spacial score (nSPS) is 27.4. The van der Waals surface area contributed by atoms with E-state index in [1.807, 2.05) is 12.1 Å². The predicted octanol–water partition coefficient (Wildman–Crippen LogP) is 2.93. The third kappa shape index (κ3) is 2.78. The van der Waals surface area contributed by atoms with E-state index in [1.54, 1.807) is 13.2 Å². The molecule has 100 valence electrons. The zero-order valence-electron chi connectivity index (χ0n) is 11.4. The van der Waals surface area contributed by atoms with E-state index in [0.29, 0.717) is 11.8 Å². The quantitative estimate of drug-likeness (QED) is 0.862. The Hall–Kier alpha value is -1.22. The Kier molecular flexibility index (Phi) is 4.12. The molecule has 0 spiro atoms. The van der Waals surface area contributed by atoms with Crippen molar-refractivity contribution in [1.82, 2.24) is 5.32 Å². The van der Waals surface area contributed by atoms with Gasteiger partial charge in [0.15, 0.2) is 11.5 Å². The summed E-state index contributed by atoms with van der Waals surface area (Å²) in [5, 5.41) is 13.3. The van der Waals surface area contributed by atoms with Crippen molar-refractivity contribution in [2.75, 3.05) is 7.11 Å². The standard InChI is InChI=1S/C15H23NO2/c1-10-4-6-13(11(10)2)16-9-12-5-7-15(18-3)14(17)8-12/h5,7-8,10-11,13,16-17H,4,6,9H2,1-3H3. The lowest BCUT2D eigenvalue weighted by molar-refractivity contribution is 0.366. The smallest absolute Gasteiger partial charge is 0.160 e. The van der Waals surface area contributed by atoms with Crippen molar-refractivity contribution in [3.05, 3.63) is 23.8 Å². The van der Waals surface area contributed by atoms with E-state index in [2.05, 4.69) is 19.2 Å². The first kappa shape index (κ1) is 13.2. The number of benzene rings is 1. The fourth-order valence-electron chi connectivity index (χ4n) is 2.75. The summed E-state index contributed by atoms with van der Waals surface area (Å²) in [7, 11) is 1.56. The van der Waals surface area contributed by atoms with Crippen LogP contribution in [0.1, 0.15) is 32.3 Å². The van der Waals surface area contributed by atoms with Crippen LogP contribution in [0, 0.1) is 11.8 Å². The van der Waals surface area contributed by atoms with Crippen LogP contribution in [0.2, 0.25) is 0 Å². The molecule has 1 aliphatic carbocycles. The first-order chi connectivity index (χ1) is 8.61. The summed E-state index contributed by atoms with van der Waals surface area (Å²) in [4.78, 5) is 0. The second kappa shape index (κ2) is 5.61. The molecule has 0 heterocycles. The molecule has 0 amide bonds.